The van der Waals surface area contributed by atoms with Crippen molar-refractivity contribution in [3.05, 3.63) is 60.2 Å². The van der Waals surface area contributed by atoms with Crippen molar-refractivity contribution in [1.29, 1.82) is 0 Å². The minimum Gasteiger partial charge on any atom is -0.444 e. The summed E-state index contributed by atoms with van der Waals surface area (Å²) in [5, 5.41) is 12.1. The van der Waals surface area contributed by atoms with Crippen molar-refractivity contribution in [1.82, 2.24) is 25.1 Å². The largest absolute Gasteiger partial charge is 0.444 e. The van der Waals surface area contributed by atoms with Crippen LogP contribution in [0.15, 0.2) is 53.4 Å². The molecule has 2 N–H and O–H groups in total. The lowest BCUT2D eigenvalue weighted by atomic mass is 10.1. The minimum absolute atomic E-state index is 0.0907. The fourth-order valence-corrected chi connectivity index (χ4v) is 4.42. The summed E-state index contributed by atoms with van der Waals surface area (Å²) in [6.45, 7) is 6.20. The average molecular weight is 475 g/mol. The fourth-order valence-electron chi connectivity index (χ4n) is 4.42. The van der Waals surface area contributed by atoms with Gasteiger partial charge in [0.05, 0.1) is 41.0 Å². The first-order valence-corrected chi connectivity index (χ1v) is 12.1. The Morgan fingerprint density at radius 2 is 2.00 bits per heavy atom. The van der Waals surface area contributed by atoms with Crippen molar-refractivity contribution in [3.8, 4) is 11.5 Å². The number of anilines is 1. The number of hydrogen-bond donors (Lipinski definition) is 2. The first-order valence-electron chi connectivity index (χ1n) is 12.1. The summed E-state index contributed by atoms with van der Waals surface area (Å²) in [7, 11) is 0. The molecule has 1 saturated heterocycles. The molecule has 1 aliphatic heterocycles. The van der Waals surface area contributed by atoms with Crippen LogP contribution in [-0.4, -0.2) is 44.9 Å². The number of oxazole rings is 1. The van der Waals surface area contributed by atoms with Crippen molar-refractivity contribution in [2.75, 3.05) is 18.5 Å². The Hall–Kier alpha value is -3.72. The maximum atomic E-state index is 12.6. The van der Waals surface area contributed by atoms with Crippen LogP contribution < -0.4 is 10.6 Å². The Morgan fingerprint density at radius 1 is 1.20 bits per heavy atom. The number of aryl methyl sites for hydroxylation is 1. The first kappa shape index (κ1) is 23.0. The zero-order chi connectivity index (χ0) is 24.2. The van der Waals surface area contributed by atoms with Gasteiger partial charge in [-0.2, -0.15) is 5.10 Å². The maximum absolute atomic E-state index is 12.6. The van der Waals surface area contributed by atoms with Gasteiger partial charge < -0.3 is 19.8 Å². The van der Waals surface area contributed by atoms with Gasteiger partial charge in [-0.05, 0) is 32.3 Å². The highest BCUT2D eigenvalue weighted by Crippen LogP contribution is 2.34. The van der Waals surface area contributed by atoms with E-state index in [9.17, 15) is 4.79 Å². The zero-order valence-corrected chi connectivity index (χ0v) is 20.0. The summed E-state index contributed by atoms with van der Waals surface area (Å²) in [4.78, 5) is 21.9. The number of nitrogens with zero attached hydrogens (tertiary/aromatic N) is 4. The van der Waals surface area contributed by atoms with E-state index in [1.54, 1.807) is 12.5 Å². The van der Waals surface area contributed by atoms with E-state index in [0.717, 1.165) is 60.4 Å². The van der Waals surface area contributed by atoms with Crippen LogP contribution in [0.1, 0.15) is 44.0 Å². The van der Waals surface area contributed by atoms with Crippen LogP contribution in [0.2, 0.25) is 0 Å². The van der Waals surface area contributed by atoms with E-state index in [2.05, 4.69) is 25.7 Å². The smallest absolute Gasteiger partial charge is 0.229 e. The SMILES string of the molecule is CCn1ncc2c(NC3CCOCC3)c(-c3nc(CC(=O)NC(C)c4ccccc4)co3)cnc21. The number of rotatable bonds is 8. The van der Waals surface area contributed by atoms with E-state index in [1.165, 1.54) is 0 Å². The normalized spacial score (nSPS) is 15.3. The monoisotopic (exact) mass is 474 g/mol. The fraction of sp³-hybridized carbons (Fsp3) is 0.385. The molecule has 4 heterocycles. The molecule has 9 heteroatoms. The van der Waals surface area contributed by atoms with E-state index >= 15 is 0 Å². The second-order valence-electron chi connectivity index (χ2n) is 8.80. The van der Waals surface area contributed by atoms with E-state index in [4.69, 9.17) is 9.15 Å². The van der Waals surface area contributed by atoms with Gasteiger partial charge in [0.25, 0.3) is 0 Å². The van der Waals surface area contributed by atoms with Crippen LogP contribution in [0.25, 0.3) is 22.5 Å². The lowest BCUT2D eigenvalue weighted by Crippen LogP contribution is -2.28. The van der Waals surface area contributed by atoms with Gasteiger partial charge in [-0.1, -0.05) is 30.3 Å². The van der Waals surface area contributed by atoms with Gasteiger partial charge in [0.1, 0.15) is 6.26 Å². The van der Waals surface area contributed by atoms with Crippen LogP contribution in [0.3, 0.4) is 0 Å². The van der Waals surface area contributed by atoms with Crippen molar-refractivity contribution in [2.24, 2.45) is 0 Å². The Morgan fingerprint density at radius 3 is 2.77 bits per heavy atom. The quantitative estimate of drug-likeness (QED) is 0.396. The standard InChI is InChI=1S/C26H30N6O3/c1-3-32-25-21(15-28-32)24(30-19-9-11-34-12-10-19)22(14-27-25)26-31-20(16-35-26)13-23(33)29-17(2)18-7-5-4-6-8-18/h4-8,14-17,19H,3,9-13H2,1-2H3,(H,27,30)(H,29,33). The second kappa shape index (κ2) is 10.3. The summed E-state index contributed by atoms with van der Waals surface area (Å²) in [6.07, 6.45) is 7.11. The van der Waals surface area contributed by atoms with Gasteiger partial charge in [0, 0.05) is 32.0 Å². The minimum atomic E-state index is -0.112. The number of nitrogens with one attached hydrogen (secondary N) is 2. The van der Waals surface area contributed by atoms with Crippen molar-refractivity contribution in [3.63, 3.8) is 0 Å². The molecule has 1 amide bonds. The molecular formula is C26H30N6O3. The average Bonchev–Trinajstić information content (AvgIpc) is 3.52. The lowest BCUT2D eigenvalue weighted by molar-refractivity contribution is -0.121. The molecule has 1 unspecified atom stereocenters. The molecule has 0 saturated carbocycles. The molecule has 4 aromatic rings. The second-order valence-corrected chi connectivity index (χ2v) is 8.80. The van der Waals surface area contributed by atoms with Crippen LogP contribution in [0, 0.1) is 0 Å². The highest BCUT2D eigenvalue weighted by atomic mass is 16.5. The molecule has 35 heavy (non-hydrogen) atoms. The molecule has 1 aromatic carbocycles. The van der Waals surface area contributed by atoms with E-state index in [0.29, 0.717) is 11.6 Å². The van der Waals surface area contributed by atoms with Gasteiger partial charge >= 0.3 is 0 Å². The zero-order valence-electron chi connectivity index (χ0n) is 20.0. The third-order valence-electron chi connectivity index (χ3n) is 6.34. The van der Waals surface area contributed by atoms with Crippen LogP contribution in [-0.2, 0) is 22.5 Å². The number of fused-ring (bicyclic) bond motifs is 1. The molecule has 0 aliphatic carbocycles. The summed E-state index contributed by atoms with van der Waals surface area (Å²) in [6, 6.07) is 10.1. The highest BCUT2D eigenvalue weighted by molar-refractivity contribution is 5.96. The van der Waals surface area contributed by atoms with Gasteiger partial charge in [0.15, 0.2) is 5.65 Å². The first-order chi connectivity index (χ1) is 17.1. The van der Waals surface area contributed by atoms with Gasteiger partial charge in [-0.15, -0.1) is 0 Å². The predicted molar refractivity (Wildman–Crippen MR) is 133 cm³/mol. The van der Waals surface area contributed by atoms with E-state index < -0.39 is 0 Å². The summed E-state index contributed by atoms with van der Waals surface area (Å²) < 4.78 is 13.2. The Balaban J connectivity index is 1.38. The number of benzene rings is 1. The number of aromatic nitrogens is 4. The van der Waals surface area contributed by atoms with Gasteiger partial charge in [0.2, 0.25) is 11.8 Å². The maximum Gasteiger partial charge on any atom is 0.229 e. The Bertz CT molecular complexity index is 1290. The third-order valence-corrected chi connectivity index (χ3v) is 6.34. The van der Waals surface area contributed by atoms with Crippen molar-refractivity contribution in [2.45, 2.75) is 51.7 Å². The molecule has 0 radical (unpaired) electrons. The molecule has 182 valence electrons. The van der Waals surface area contributed by atoms with Crippen molar-refractivity contribution < 1.29 is 13.9 Å². The molecule has 0 bridgehead atoms. The Labute approximate surface area is 203 Å². The molecule has 0 spiro atoms. The number of ether oxygens (including phenoxy) is 1. The van der Waals surface area contributed by atoms with Crippen LogP contribution in [0.5, 0.6) is 0 Å². The highest BCUT2D eigenvalue weighted by Gasteiger charge is 2.22. The summed E-state index contributed by atoms with van der Waals surface area (Å²) in [5.41, 5.74) is 4.09. The Kier molecular flexibility index (Phi) is 6.76. The number of carbonyl (C=O) groups excluding carboxylic acids is 1. The molecule has 1 aliphatic rings. The summed E-state index contributed by atoms with van der Waals surface area (Å²) >= 11 is 0. The van der Waals surface area contributed by atoms with Crippen LogP contribution in [0.4, 0.5) is 5.69 Å². The van der Waals surface area contributed by atoms with E-state index in [-0.39, 0.29) is 24.4 Å². The topological polar surface area (TPSA) is 107 Å². The molecule has 1 atom stereocenters. The van der Waals surface area contributed by atoms with E-state index in [1.807, 2.05) is 55.1 Å². The molecule has 3 aromatic heterocycles. The number of pyridine rings is 1. The number of carbonyl (C=O) groups is 1. The molecule has 1 fully saturated rings. The van der Waals surface area contributed by atoms with Gasteiger partial charge in [-0.25, -0.2) is 14.6 Å². The van der Waals surface area contributed by atoms with Crippen molar-refractivity contribution >= 4 is 22.6 Å². The summed E-state index contributed by atoms with van der Waals surface area (Å²) in [5.74, 6) is 0.316. The number of hydrogen-bond acceptors (Lipinski definition) is 7. The lowest BCUT2D eigenvalue weighted by Gasteiger charge is -2.25. The molecule has 9 nitrogen and oxygen atoms in total. The molecular weight excluding hydrogens is 444 g/mol. The third kappa shape index (κ3) is 5.05. The van der Waals surface area contributed by atoms with Gasteiger partial charge in [-0.3, -0.25) is 4.79 Å². The molecule has 5 rings (SSSR count). The predicted octanol–water partition coefficient (Wildman–Crippen LogP) is 4.12. The van der Waals surface area contributed by atoms with Crippen LogP contribution >= 0.6 is 0 Å². The number of amides is 1.